The molecule has 1 saturated heterocycles. The van der Waals surface area contributed by atoms with Crippen molar-refractivity contribution in [1.29, 1.82) is 0 Å². The zero-order valence-corrected chi connectivity index (χ0v) is 34.0. The average Bonchev–Trinajstić information content (AvgIpc) is 4.00. The molecule has 56 heavy (non-hydrogen) atoms. The van der Waals surface area contributed by atoms with Gasteiger partial charge in [0.25, 0.3) is 5.91 Å². The van der Waals surface area contributed by atoms with Gasteiger partial charge in [-0.1, -0.05) is 32.4 Å². The standard InChI is InChI=1S/C40H54FN5O9S/c1-8-24-17-23(2)11-9-10-12-26-21-40(26,36(49)45-56(51,52)39(6)14-15-39)44-33(47)30-19-27(22-46(30)35(48)32(24)43-37(50)55-38(3,4)5)54-34-28-20-29(41)31(53-7)18-25(28)13-16-42-34/h10,12-13,16,18,20,23-24,26-27,30,32H,8-9,11,14-15,17,19,21-22H2,1-7H3,(H,43,50)(H,44,47)(H,45,49)/b12-10-/t23-,24-,26?,27-,30+,32+,40?/m1/s1. The van der Waals surface area contributed by atoms with Crippen molar-refractivity contribution >= 4 is 44.6 Å². The number of carbonyl (C=O) groups excluding carboxylic acids is 4. The molecule has 1 aromatic carbocycles. The van der Waals surface area contributed by atoms with Gasteiger partial charge in [0.1, 0.15) is 29.3 Å². The third-order valence-corrected chi connectivity index (χ3v) is 13.7. The summed E-state index contributed by atoms with van der Waals surface area (Å²) in [7, 11) is -2.67. The third kappa shape index (κ3) is 8.59. The Morgan fingerprint density at radius 1 is 1.16 bits per heavy atom. The van der Waals surface area contributed by atoms with E-state index in [0.29, 0.717) is 42.9 Å². The Hall–Kier alpha value is -4.47. The number of nitrogens with one attached hydrogen (secondary N) is 3. The van der Waals surface area contributed by atoms with Crippen LogP contribution in [0.3, 0.4) is 0 Å². The SMILES string of the molecule is CC[C@@H]1C[C@H](C)CC/C=C\C2CC2(C(=O)NS(=O)(=O)C2(C)CC2)NC(=O)[C@@H]2C[C@@H](Oc3nccc4cc(OC)c(F)cc34)CN2C(=O)[C@H]1NC(=O)OC(C)(C)C. The van der Waals surface area contributed by atoms with Crippen LogP contribution < -0.4 is 24.8 Å². The predicted octanol–water partition coefficient (Wildman–Crippen LogP) is 4.90. The molecule has 1 aromatic heterocycles. The minimum Gasteiger partial charge on any atom is -0.494 e. The number of benzene rings is 1. The first kappa shape index (κ1) is 41.2. The molecule has 4 amide bonds. The quantitative estimate of drug-likeness (QED) is 0.311. The number of alkyl carbamates (subject to hydrolysis) is 1. The van der Waals surface area contributed by atoms with Crippen molar-refractivity contribution < 1.29 is 46.2 Å². The minimum atomic E-state index is -4.03. The average molecular weight is 800 g/mol. The molecule has 14 nitrogen and oxygen atoms in total. The van der Waals surface area contributed by atoms with Crippen LogP contribution in [-0.2, 0) is 29.1 Å². The third-order valence-electron chi connectivity index (χ3n) is 11.6. The van der Waals surface area contributed by atoms with Crippen molar-refractivity contribution in [1.82, 2.24) is 25.2 Å². The normalized spacial score (nSPS) is 29.8. The lowest BCUT2D eigenvalue weighted by Crippen LogP contribution is -2.59. The highest BCUT2D eigenvalue weighted by Crippen LogP contribution is 2.47. The van der Waals surface area contributed by atoms with Crippen molar-refractivity contribution in [2.24, 2.45) is 17.8 Å². The number of ether oxygens (including phenoxy) is 3. The molecule has 2 aromatic rings. The van der Waals surface area contributed by atoms with Crippen LogP contribution in [0.4, 0.5) is 9.18 Å². The Balaban J connectivity index is 1.37. The van der Waals surface area contributed by atoms with Crippen molar-refractivity contribution in [3.8, 4) is 11.6 Å². The van der Waals surface area contributed by atoms with Crippen LogP contribution in [0.5, 0.6) is 11.6 Å². The lowest BCUT2D eigenvalue weighted by Gasteiger charge is -2.34. The number of hydrogen-bond donors (Lipinski definition) is 3. The van der Waals surface area contributed by atoms with Gasteiger partial charge in [-0.15, -0.1) is 0 Å². The molecule has 2 aliphatic heterocycles. The number of hydrogen-bond acceptors (Lipinski definition) is 10. The number of halogens is 1. The number of methoxy groups -OCH3 is 1. The molecular weight excluding hydrogens is 746 g/mol. The number of pyridine rings is 1. The maximum absolute atomic E-state index is 14.9. The van der Waals surface area contributed by atoms with Gasteiger partial charge in [-0.2, -0.15) is 0 Å². The van der Waals surface area contributed by atoms with Gasteiger partial charge < -0.3 is 29.7 Å². The fraction of sp³-hybridized carbons (Fsp3) is 0.625. The summed E-state index contributed by atoms with van der Waals surface area (Å²) >= 11 is 0. The molecule has 2 saturated carbocycles. The Morgan fingerprint density at radius 3 is 2.55 bits per heavy atom. The fourth-order valence-electron chi connectivity index (χ4n) is 7.80. The molecule has 2 unspecified atom stereocenters. The molecule has 3 heterocycles. The number of allylic oxidation sites excluding steroid dienone is 1. The molecule has 0 spiro atoms. The summed E-state index contributed by atoms with van der Waals surface area (Å²) in [5.74, 6) is -3.25. The van der Waals surface area contributed by atoms with Crippen LogP contribution in [0.1, 0.15) is 92.9 Å². The van der Waals surface area contributed by atoms with Crippen LogP contribution in [0.2, 0.25) is 0 Å². The highest BCUT2D eigenvalue weighted by molar-refractivity contribution is 7.91. The lowest BCUT2D eigenvalue weighted by atomic mass is 9.85. The van der Waals surface area contributed by atoms with E-state index in [9.17, 15) is 32.0 Å². The lowest BCUT2D eigenvalue weighted by molar-refractivity contribution is -0.142. The molecule has 6 rings (SSSR count). The van der Waals surface area contributed by atoms with Gasteiger partial charge in [-0.25, -0.2) is 22.6 Å². The highest BCUT2D eigenvalue weighted by Gasteiger charge is 2.63. The summed E-state index contributed by atoms with van der Waals surface area (Å²) in [6.07, 6.45) is 7.16. The van der Waals surface area contributed by atoms with Gasteiger partial charge in [0.15, 0.2) is 11.6 Å². The van der Waals surface area contributed by atoms with Crippen LogP contribution >= 0.6 is 0 Å². The van der Waals surface area contributed by atoms with Crippen molar-refractivity contribution in [2.45, 2.75) is 127 Å². The maximum atomic E-state index is 14.9. The zero-order chi connectivity index (χ0) is 40.8. The highest BCUT2D eigenvalue weighted by atomic mass is 32.2. The topological polar surface area (TPSA) is 182 Å². The molecule has 0 bridgehead atoms. The second-order valence-electron chi connectivity index (χ2n) is 17.1. The van der Waals surface area contributed by atoms with Gasteiger partial charge in [-0.3, -0.25) is 19.1 Å². The molecule has 4 aliphatic rings. The molecule has 306 valence electrons. The number of fused-ring (bicyclic) bond motifs is 3. The van der Waals surface area contributed by atoms with E-state index >= 15 is 0 Å². The summed E-state index contributed by atoms with van der Waals surface area (Å²) in [6, 6.07) is 2.15. The summed E-state index contributed by atoms with van der Waals surface area (Å²) in [5, 5.41) is 6.64. The van der Waals surface area contributed by atoms with Gasteiger partial charge in [0.05, 0.1) is 18.4 Å². The summed E-state index contributed by atoms with van der Waals surface area (Å²) < 4.78 is 59.6. The minimum absolute atomic E-state index is 0.0391. The molecule has 16 heteroatoms. The Bertz CT molecular complexity index is 2020. The van der Waals surface area contributed by atoms with Gasteiger partial charge in [-0.05, 0) is 102 Å². The second kappa shape index (κ2) is 15.5. The first-order valence-electron chi connectivity index (χ1n) is 19.4. The van der Waals surface area contributed by atoms with E-state index in [1.54, 1.807) is 33.8 Å². The monoisotopic (exact) mass is 799 g/mol. The van der Waals surface area contributed by atoms with E-state index in [2.05, 4.69) is 27.3 Å². The number of amides is 4. The number of rotatable bonds is 8. The van der Waals surface area contributed by atoms with E-state index in [0.717, 1.165) is 6.42 Å². The molecule has 3 N–H and O–H groups in total. The summed E-state index contributed by atoms with van der Waals surface area (Å²) in [5.41, 5.74) is -2.42. The first-order chi connectivity index (χ1) is 26.3. The molecule has 0 radical (unpaired) electrons. The first-order valence-corrected chi connectivity index (χ1v) is 20.9. The van der Waals surface area contributed by atoms with E-state index in [1.165, 1.54) is 30.3 Å². The Morgan fingerprint density at radius 2 is 1.89 bits per heavy atom. The predicted molar refractivity (Wildman–Crippen MR) is 206 cm³/mol. The van der Waals surface area contributed by atoms with Gasteiger partial charge in [0, 0.05) is 23.9 Å². The van der Waals surface area contributed by atoms with E-state index in [4.69, 9.17) is 14.2 Å². The number of nitrogens with zero attached hydrogens (tertiary/aromatic N) is 2. The maximum Gasteiger partial charge on any atom is 0.408 e. The largest absolute Gasteiger partial charge is 0.494 e. The van der Waals surface area contributed by atoms with Crippen LogP contribution in [0.15, 0.2) is 36.5 Å². The van der Waals surface area contributed by atoms with Crippen molar-refractivity contribution in [3.05, 3.63) is 42.4 Å². The van der Waals surface area contributed by atoms with Crippen LogP contribution in [0.25, 0.3) is 10.8 Å². The molecule has 2 aliphatic carbocycles. The molecule has 3 fully saturated rings. The van der Waals surface area contributed by atoms with E-state index < -0.39 is 79.6 Å². The van der Waals surface area contributed by atoms with Crippen LogP contribution in [-0.4, -0.2) is 89.8 Å². The Labute approximate surface area is 327 Å². The van der Waals surface area contributed by atoms with Crippen molar-refractivity contribution in [2.75, 3.05) is 13.7 Å². The van der Waals surface area contributed by atoms with E-state index in [-0.39, 0.29) is 42.9 Å². The van der Waals surface area contributed by atoms with Crippen LogP contribution in [0, 0.1) is 23.6 Å². The number of sulfonamides is 1. The Kier molecular flexibility index (Phi) is 11.4. The molecule has 7 atom stereocenters. The smallest absolute Gasteiger partial charge is 0.408 e. The summed E-state index contributed by atoms with van der Waals surface area (Å²) in [6.45, 7) is 10.6. The number of aromatic nitrogens is 1. The van der Waals surface area contributed by atoms with Crippen molar-refractivity contribution in [3.63, 3.8) is 0 Å². The number of carbonyl (C=O) groups is 4. The van der Waals surface area contributed by atoms with E-state index in [1.807, 2.05) is 19.1 Å². The fourth-order valence-corrected chi connectivity index (χ4v) is 9.12. The second-order valence-corrected chi connectivity index (χ2v) is 19.3. The molecular formula is C40H54FN5O9S. The summed E-state index contributed by atoms with van der Waals surface area (Å²) in [4.78, 5) is 62.4. The van der Waals surface area contributed by atoms with Gasteiger partial charge >= 0.3 is 6.09 Å². The van der Waals surface area contributed by atoms with Gasteiger partial charge in [0.2, 0.25) is 27.7 Å². The zero-order valence-electron chi connectivity index (χ0n) is 33.1.